The van der Waals surface area contributed by atoms with Crippen LogP contribution in [0.25, 0.3) is 21.3 Å². The SMILES string of the molecule is COc1ccc(-c2nsc3cc(CBr)ccc23)cn1. The van der Waals surface area contributed by atoms with Crippen molar-refractivity contribution in [1.82, 2.24) is 9.36 Å². The van der Waals surface area contributed by atoms with Crippen LogP contribution in [0.5, 0.6) is 5.88 Å². The van der Waals surface area contributed by atoms with Gasteiger partial charge < -0.3 is 4.74 Å². The Morgan fingerprint density at radius 3 is 2.84 bits per heavy atom. The molecule has 3 nitrogen and oxygen atoms in total. The second-order valence-electron chi connectivity index (χ2n) is 4.08. The van der Waals surface area contributed by atoms with Crippen LogP contribution >= 0.6 is 27.5 Å². The molecule has 0 aliphatic carbocycles. The number of fused-ring (bicyclic) bond motifs is 1. The maximum atomic E-state index is 5.07. The fourth-order valence-electron chi connectivity index (χ4n) is 1.91. The summed E-state index contributed by atoms with van der Waals surface area (Å²) >= 11 is 4.99. The lowest BCUT2D eigenvalue weighted by Gasteiger charge is -2.01. The van der Waals surface area contributed by atoms with Crippen molar-refractivity contribution < 1.29 is 4.74 Å². The molecule has 19 heavy (non-hydrogen) atoms. The van der Waals surface area contributed by atoms with Crippen molar-refractivity contribution >= 4 is 37.5 Å². The van der Waals surface area contributed by atoms with Crippen molar-refractivity contribution in [1.29, 1.82) is 0 Å². The highest BCUT2D eigenvalue weighted by atomic mass is 79.9. The maximum Gasteiger partial charge on any atom is 0.212 e. The van der Waals surface area contributed by atoms with Crippen LogP contribution in [0, 0.1) is 0 Å². The number of benzene rings is 1. The molecule has 5 heteroatoms. The van der Waals surface area contributed by atoms with Crippen LogP contribution in [0.1, 0.15) is 5.56 Å². The summed E-state index contributed by atoms with van der Waals surface area (Å²) in [4.78, 5) is 4.23. The van der Waals surface area contributed by atoms with Gasteiger partial charge in [-0.1, -0.05) is 28.1 Å². The van der Waals surface area contributed by atoms with Crippen molar-refractivity contribution in [3.8, 4) is 17.1 Å². The molecule has 0 N–H and O–H groups in total. The molecule has 2 aromatic heterocycles. The quantitative estimate of drug-likeness (QED) is 0.671. The van der Waals surface area contributed by atoms with Crippen molar-refractivity contribution in [2.24, 2.45) is 0 Å². The lowest BCUT2D eigenvalue weighted by Crippen LogP contribution is -1.87. The molecule has 2 heterocycles. The standard InChI is InChI=1S/C14H11BrN2OS/c1-18-13-5-3-10(8-16-13)14-11-4-2-9(7-15)6-12(11)19-17-14/h2-6,8H,7H2,1H3. The van der Waals surface area contributed by atoms with Crippen molar-refractivity contribution in [2.45, 2.75) is 5.33 Å². The number of hydrogen-bond donors (Lipinski definition) is 0. The van der Waals surface area contributed by atoms with Crippen LogP contribution in [-0.2, 0) is 5.33 Å². The molecule has 0 saturated heterocycles. The Labute approximate surface area is 123 Å². The fourth-order valence-corrected chi connectivity index (χ4v) is 3.12. The fraction of sp³-hybridized carbons (Fsp3) is 0.143. The van der Waals surface area contributed by atoms with Crippen molar-refractivity contribution in [2.75, 3.05) is 7.11 Å². The molecule has 0 unspecified atom stereocenters. The molecular formula is C14H11BrN2OS. The zero-order valence-corrected chi connectivity index (χ0v) is 12.7. The smallest absolute Gasteiger partial charge is 0.212 e. The summed E-state index contributed by atoms with van der Waals surface area (Å²) in [5, 5.41) is 2.03. The molecule has 0 atom stereocenters. The monoisotopic (exact) mass is 334 g/mol. The van der Waals surface area contributed by atoms with E-state index in [4.69, 9.17) is 4.74 Å². The first kappa shape index (κ1) is 12.6. The molecular weight excluding hydrogens is 324 g/mol. The Bertz CT molecular complexity index is 709. The first-order valence-corrected chi connectivity index (χ1v) is 7.66. The average Bonchev–Trinajstić information content (AvgIpc) is 2.90. The van der Waals surface area contributed by atoms with E-state index in [-0.39, 0.29) is 0 Å². The molecule has 0 fully saturated rings. The van der Waals surface area contributed by atoms with E-state index in [1.807, 2.05) is 12.1 Å². The molecule has 3 rings (SSSR count). The minimum Gasteiger partial charge on any atom is -0.481 e. The highest BCUT2D eigenvalue weighted by Crippen LogP contribution is 2.31. The zero-order valence-electron chi connectivity index (χ0n) is 10.3. The third-order valence-corrected chi connectivity index (χ3v) is 4.37. The number of ether oxygens (including phenoxy) is 1. The maximum absolute atomic E-state index is 5.07. The van der Waals surface area contributed by atoms with Crippen LogP contribution in [-0.4, -0.2) is 16.5 Å². The summed E-state index contributed by atoms with van der Waals surface area (Å²) in [6, 6.07) is 10.2. The van der Waals surface area contributed by atoms with Gasteiger partial charge in [-0.2, -0.15) is 4.37 Å². The first-order valence-electron chi connectivity index (χ1n) is 5.76. The van der Waals surface area contributed by atoms with Gasteiger partial charge in [0.05, 0.1) is 17.5 Å². The molecule has 0 aliphatic heterocycles. The van der Waals surface area contributed by atoms with Gasteiger partial charge in [-0.05, 0) is 29.2 Å². The van der Waals surface area contributed by atoms with Crippen LogP contribution in [0.15, 0.2) is 36.5 Å². The van der Waals surface area contributed by atoms with Crippen LogP contribution in [0.4, 0.5) is 0 Å². The minimum atomic E-state index is 0.616. The third-order valence-electron chi connectivity index (χ3n) is 2.91. The number of methoxy groups -OCH3 is 1. The van der Waals surface area contributed by atoms with Gasteiger partial charge in [0.2, 0.25) is 5.88 Å². The Morgan fingerprint density at radius 1 is 1.26 bits per heavy atom. The molecule has 96 valence electrons. The summed E-state index contributed by atoms with van der Waals surface area (Å²) in [7, 11) is 1.61. The number of halogens is 1. The van der Waals surface area contributed by atoms with E-state index in [1.165, 1.54) is 27.2 Å². The van der Waals surface area contributed by atoms with Gasteiger partial charge in [-0.15, -0.1) is 0 Å². The summed E-state index contributed by atoms with van der Waals surface area (Å²) < 4.78 is 10.8. The van der Waals surface area contributed by atoms with Crippen molar-refractivity contribution in [3.05, 3.63) is 42.1 Å². The number of alkyl halides is 1. The van der Waals surface area contributed by atoms with E-state index in [2.05, 4.69) is 43.5 Å². The summed E-state index contributed by atoms with van der Waals surface area (Å²) in [6.07, 6.45) is 1.80. The normalized spacial score (nSPS) is 10.8. The number of aromatic nitrogens is 2. The van der Waals surface area contributed by atoms with E-state index in [1.54, 1.807) is 13.3 Å². The zero-order chi connectivity index (χ0) is 13.2. The van der Waals surface area contributed by atoms with E-state index < -0.39 is 0 Å². The van der Waals surface area contributed by atoms with Crippen LogP contribution in [0.3, 0.4) is 0 Å². The lowest BCUT2D eigenvalue weighted by molar-refractivity contribution is 0.398. The van der Waals surface area contributed by atoms with Crippen molar-refractivity contribution in [3.63, 3.8) is 0 Å². The Balaban J connectivity index is 2.09. The number of pyridine rings is 1. The van der Waals surface area contributed by atoms with Gasteiger partial charge in [0.15, 0.2) is 0 Å². The van der Waals surface area contributed by atoms with Gasteiger partial charge in [-0.3, -0.25) is 0 Å². The summed E-state index contributed by atoms with van der Waals surface area (Å²) in [5.41, 5.74) is 3.26. The highest BCUT2D eigenvalue weighted by molar-refractivity contribution is 9.08. The van der Waals surface area contributed by atoms with Gasteiger partial charge in [0.25, 0.3) is 0 Å². The van der Waals surface area contributed by atoms with Gasteiger partial charge in [0.1, 0.15) is 0 Å². The van der Waals surface area contributed by atoms with E-state index in [9.17, 15) is 0 Å². The predicted molar refractivity (Wildman–Crippen MR) is 82.0 cm³/mol. The number of rotatable bonds is 3. The Kier molecular flexibility index (Phi) is 3.48. The molecule has 0 aliphatic rings. The van der Waals surface area contributed by atoms with E-state index in [0.29, 0.717) is 5.88 Å². The van der Waals surface area contributed by atoms with E-state index >= 15 is 0 Å². The Morgan fingerprint density at radius 2 is 2.16 bits per heavy atom. The summed E-state index contributed by atoms with van der Waals surface area (Å²) in [5.74, 6) is 0.616. The second-order valence-corrected chi connectivity index (χ2v) is 5.45. The molecule has 0 bridgehead atoms. The van der Waals surface area contributed by atoms with Gasteiger partial charge in [0, 0.05) is 28.5 Å². The number of nitrogens with zero attached hydrogens (tertiary/aromatic N) is 2. The molecule has 0 radical (unpaired) electrons. The van der Waals surface area contributed by atoms with Crippen LogP contribution in [0.2, 0.25) is 0 Å². The average molecular weight is 335 g/mol. The largest absolute Gasteiger partial charge is 0.481 e. The topological polar surface area (TPSA) is 35.0 Å². The molecule has 1 aromatic carbocycles. The highest BCUT2D eigenvalue weighted by Gasteiger charge is 2.09. The second kappa shape index (κ2) is 5.27. The number of hydrogen-bond acceptors (Lipinski definition) is 4. The molecule has 3 aromatic rings. The Hall–Kier alpha value is -1.46. The molecule has 0 amide bonds. The lowest BCUT2D eigenvalue weighted by atomic mass is 10.1. The third kappa shape index (κ3) is 2.35. The van der Waals surface area contributed by atoms with Crippen LogP contribution < -0.4 is 4.74 Å². The predicted octanol–water partition coefficient (Wildman–Crippen LogP) is 4.26. The molecule has 0 spiro atoms. The molecule has 0 saturated carbocycles. The summed E-state index contributed by atoms with van der Waals surface area (Å²) in [6.45, 7) is 0. The first-order chi connectivity index (χ1) is 9.31. The van der Waals surface area contributed by atoms with Gasteiger partial charge >= 0.3 is 0 Å². The van der Waals surface area contributed by atoms with E-state index in [0.717, 1.165) is 16.6 Å². The van der Waals surface area contributed by atoms with Gasteiger partial charge in [-0.25, -0.2) is 4.98 Å². The minimum absolute atomic E-state index is 0.616.